The number of nitrogens with one attached hydrogen (secondary N) is 2. The average Bonchev–Trinajstić information content (AvgIpc) is 3.29. The van der Waals surface area contributed by atoms with Crippen molar-refractivity contribution in [1.29, 1.82) is 5.26 Å². The molecule has 1 amide bonds. The van der Waals surface area contributed by atoms with Gasteiger partial charge in [0.1, 0.15) is 24.0 Å². The van der Waals surface area contributed by atoms with E-state index in [1.54, 1.807) is 35.4 Å². The van der Waals surface area contributed by atoms with Crippen LogP contribution in [0.5, 0.6) is 0 Å². The number of hydrogen-bond donors (Lipinski definition) is 2. The van der Waals surface area contributed by atoms with Gasteiger partial charge in [-0.3, -0.25) is 4.79 Å². The molecular weight excluding hydrogens is 414 g/mol. The highest BCUT2D eigenvalue weighted by molar-refractivity contribution is 5.94. The van der Waals surface area contributed by atoms with Crippen molar-refractivity contribution in [2.24, 2.45) is 0 Å². The predicted molar refractivity (Wildman–Crippen MR) is 125 cm³/mol. The molecule has 4 rings (SSSR count). The average molecular weight is 438 g/mol. The van der Waals surface area contributed by atoms with Crippen LogP contribution in [0, 0.1) is 18.3 Å². The molecule has 0 fully saturated rings. The van der Waals surface area contributed by atoms with Crippen LogP contribution in [0.25, 0.3) is 5.69 Å². The number of benzene rings is 2. The van der Waals surface area contributed by atoms with Crippen molar-refractivity contribution in [1.82, 2.24) is 25.1 Å². The Hall–Kier alpha value is -4.35. The van der Waals surface area contributed by atoms with Crippen LogP contribution in [0.4, 0.5) is 5.82 Å². The monoisotopic (exact) mass is 437 g/mol. The Labute approximate surface area is 191 Å². The molecule has 0 spiro atoms. The number of pyridine rings is 1. The van der Waals surface area contributed by atoms with E-state index in [2.05, 4.69) is 31.8 Å². The number of carbonyl (C=O) groups excluding carboxylic acids is 1. The predicted octanol–water partition coefficient (Wildman–Crippen LogP) is 3.35. The smallest absolute Gasteiger partial charge is 0.247 e. The highest BCUT2D eigenvalue weighted by atomic mass is 16.2. The molecule has 2 heterocycles. The maximum atomic E-state index is 13.1. The van der Waals surface area contributed by atoms with Crippen molar-refractivity contribution in [3.05, 3.63) is 102 Å². The van der Waals surface area contributed by atoms with Crippen LogP contribution < -0.4 is 10.6 Å². The second kappa shape index (κ2) is 10.3. The molecule has 0 aliphatic rings. The standard InChI is InChI=1S/C25H23N7O/c1-18-29-17-32(31-18)22-11-12-23(28-16-22)30-25(33)24(21-5-3-2-4-6-21)27-14-13-19-7-9-20(15-26)10-8-19/h2-12,16-17,24,27H,13-14H2,1H3,(H,28,30,33)/t24-/m1/s1. The molecule has 0 bridgehead atoms. The van der Waals surface area contributed by atoms with Crippen molar-refractivity contribution >= 4 is 11.7 Å². The van der Waals surface area contributed by atoms with Crippen LogP contribution in [0.15, 0.2) is 79.3 Å². The summed E-state index contributed by atoms with van der Waals surface area (Å²) in [6, 6.07) is 22.2. The summed E-state index contributed by atoms with van der Waals surface area (Å²) in [5.41, 5.74) is 3.35. The number of hydrogen-bond acceptors (Lipinski definition) is 6. The Balaban J connectivity index is 1.42. The lowest BCUT2D eigenvalue weighted by molar-refractivity contribution is -0.118. The zero-order chi connectivity index (χ0) is 23.0. The van der Waals surface area contributed by atoms with E-state index in [9.17, 15) is 4.79 Å². The van der Waals surface area contributed by atoms with Crippen LogP contribution in [0.3, 0.4) is 0 Å². The summed E-state index contributed by atoms with van der Waals surface area (Å²) >= 11 is 0. The van der Waals surface area contributed by atoms with Crippen LogP contribution >= 0.6 is 0 Å². The lowest BCUT2D eigenvalue weighted by atomic mass is 10.1. The third-order valence-corrected chi connectivity index (χ3v) is 5.11. The molecule has 0 aliphatic heterocycles. The SMILES string of the molecule is Cc1ncn(-c2ccc(NC(=O)[C@H](NCCc3ccc(C#N)cc3)c3ccccc3)nc2)n1. The fraction of sp³-hybridized carbons (Fsp3) is 0.160. The molecule has 0 unspecified atom stereocenters. The summed E-state index contributed by atoms with van der Waals surface area (Å²) in [6.07, 6.45) is 3.99. The first-order chi connectivity index (χ1) is 16.1. The second-order valence-corrected chi connectivity index (χ2v) is 7.48. The number of carbonyl (C=O) groups is 1. The van der Waals surface area contributed by atoms with Crippen molar-refractivity contribution in [3.63, 3.8) is 0 Å². The molecule has 2 N–H and O–H groups in total. The van der Waals surface area contributed by atoms with Crippen LogP contribution in [0.1, 0.15) is 28.6 Å². The van der Waals surface area contributed by atoms with Gasteiger partial charge in [-0.1, -0.05) is 42.5 Å². The number of nitrogens with zero attached hydrogens (tertiary/aromatic N) is 5. The van der Waals surface area contributed by atoms with Gasteiger partial charge < -0.3 is 10.6 Å². The lowest BCUT2D eigenvalue weighted by Crippen LogP contribution is -2.34. The minimum absolute atomic E-state index is 0.196. The Morgan fingerprint density at radius 1 is 1.06 bits per heavy atom. The van der Waals surface area contributed by atoms with Crippen LogP contribution in [0.2, 0.25) is 0 Å². The molecule has 4 aromatic rings. The number of rotatable bonds is 8. The second-order valence-electron chi connectivity index (χ2n) is 7.48. The minimum Gasteiger partial charge on any atom is -0.309 e. The molecule has 8 heteroatoms. The normalized spacial score (nSPS) is 11.5. The van der Waals surface area contributed by atoms with Gasteiger partial charge in [0.15, 0.2) is 0 Å². The van der Waals surface area contributed by atoms with E-state index >= 15 is 0 Å². The Morgan fingerprint density at radius 2 is 1.85 bits per heavy atom. The third-order valence-electron chi connectivity index (χ3n) is 5.11. The lowest BCUT2D eigenvalue weighted by Gasteiger charge is -2.19. The number of nitriles is 1. The van der Waals surface area contributed by atoms with Gasteiger partial charge in [-0.25, -0.2) is 14.6 Å². The first kappa shape index (κ1) is 21.9. The summed E-state index contributed by atoms with van der Waals surface area (Å²) < 4.78 is 1.63. The van der Waals surface area contributed by atoms with E-state index in [1.807, 2.05) is 55.5 Å². The van der Waals surface area contributed by atoms with E-state index in [4.69, 9.17) is 5.26 Å². The van der Waals surface area contributed by atoms with Gasteiger partial charge in [-0.2, -0.15) is 10.4 Å². The molecule has 2 aromatic heterocycles. The third kappa shape index (κ3) is 5.67. The van der Waals surface area contributed by atoms with E-state index in [0.717, 1.165) is 23.2 Å². The zero-order valence-corrected chi connectivity index (χ0v) is 18.1. The number of aryl methyl sites for hydroxylation is 1. The van der Waals surface area contributed by atoms with Gasteiger partial charge in [-0.15, -0.1) is 0 Å². The van der Waals surface area contributed by atoms with Gasteiger partial charge in [0.25, 0.3) is 0 Å². The highest BCUT2D eigenvalue weighted by Gasteiger charge is 2.20. The molecule has 0 saturated carbocycles. The van der Waals surface area contributed by atoms with Gasteiger partial charge in [-0.05, 0) is 48.7 Å². The Morgan fingerprint density at radius 3 is 2.48 bits per heavy atom. The summed E-state index contributed by atoms with van der Waals surface area (Å²) in [6.45, 7) is 2.41. The molecule has 8 nitrogen and oxygen atoms in total. The molecule has 164 valence electrons. The number of aromatic nitrogens is 4. The van der Waals surface area contributed by atoms with E-state index in [-0.39, 0.29) is 5.91 Å². The van der Waals surface area contributed by atoms with Crippen molar-refractivity contribution in [2.75, 3.05) is 11.9 Å². The van der Waals surface area contributed by atoms with Crippen LogP contribution in [-0.4, -0.2) is 32.2 Å². The first-order valence-electron chi connectivity index (χ1n) is 10.6. The first-order valence-corrected chi connectivity index (χ1v) is 10.6. The summed E-state index contributed by atoms with van der Waals surface area (Å²) in [5.74, 6) is 0.929. The minimum atomic E-state index is -0.538. The van der Waals surface area contributed by atoms with Crippen LogP contribution in [-0.2, 0) is 11.2 Å². The molecule has 0 aliphatic carbocycles. The largest absolute Gasteiger partial charge is 0.309 e. The highest BCUT2D eigenvalue weighted by Crippen LogP contribution is 2.16. The van der Waals surface area contributed by atoms with Crippen molar-refractivity contribution in [3.8, 4) is 11.8 Å². The van der Waals surface area contributed by atoms with Gasteiger partial charge in [0.05, 0.1) is 23.5 Å². The molecule has 0 radical (unpaired) electrons. The summed E-state index contributed by atoms with van der Waals surface area (Å²) in [5, 5.41) is 19.4. The van der Waals surface area contributed by atoms with Gasteiger partial charge in [0, 0.05) is 6.54 Å². The maximum absolute atomic E-state index is 13.1. The van der Waals surface area contributed by atoms with E-state index in [0.29, 0.717) is 23.8 Å². The topological polar surface area (TPSA) is 109 Å². The quantitative estimate of drug-likeness (QED) is 0.438. The zero-order valence-electron chi connectivity index (χ0n) is 18.1. The molecule has 33 heavy (non-hydrogen) atoms. The summed E-state index contributed by atoms with van der Waals surface area (Å²) in [4.78, 5) is 21.6. The molecule has 2 aromatic carbocycles. The van der Waals surface area contributed by atoms with Gasteiger partial charge >= 0.3 is 0 Å². The number of anilines is 1. The Bertz CT molecular complexity index is 1240. The fourth-order valence-corrected chi connectivity index (χ4v) is 3.38. The maximum Gasteiger partial charge on any atom is 0.247 e. The summed E-state index contributed by atoms with van der Waals surface area (Å²) in [7, 11) is 0. The Kier molecular flexibility index (Phi) is 6.83. The fourth-order valence-electron chi connectivity index (χ4n) is 3.38. The van der Waals surface area contributed by atoms with Gasteiger partial charge in [0.2, 0.25) is 5.91 Å². The molecule has 0 saturated heterocycles. The van der Waals surface area contributed by atoms with Crippen molar-refractivity contribution < 1.29 is 4.79 Å². The molecule has 1 atom stereocenters. The molecular formula is C25H23N7O. The number of amides is 1. The van der Waals surface area contributed by atoms with Crippen molar-refractivity contribution in [2.45, 2.75) is 19.4 Å². The van der Waals surface area contributed by atoms with E-state index in [1.165, 1.54) is 0 Å². The van der Waals surface area contributed by atoms with E-state index < -0.39 is 6.04 Å².